The summed E-state index contributed by atoms with van der Waals surface area (Å²) < 4.78 is 0. The second-order valence-corrected chi connectivity index (χ2v) is 16.4. The van der Waals surface area contributed by atoms with E-state index in [-0.39, 0.29) is 11.3 Å². The smallest absolute Gasteiger partial charge is 0.0543 e. The number of anilines is 3. The SMILES string of the molecule is CC1(C)c2ccccc2-c2c(N(c3ccc(-c4ccccc4)cc3)c3ccc(-c4cccc5c4-c4ccccc4C5c4cccc(-c5ccccc5)c4)cc3)cccc21. The molecule has 0 heterocycles. The molecule has 1 heteroatoms. The van der Waals surface area contributed by atoms with E-state index in [1.807, 2.05) is 0 Å². The third kappa shape index (κ3) is 5.76. The van der Waals surface area contributed by atoms with Gasteiger partial charge in [-0.2, -0.15) is 0 Å². The molecule has 0 N–H and O–H groups in total. The first-order valence-electron chi connectivity index (χ1n) is 20.7. The highest BCUT2D eigenvalue weighted by Crippen LogP contribution is 2.55. The lowest BCUT2D eigenvalue weighted by Crippen LogP contribution is -2.16. The standard InChI is InChI=1S/C58H43N/c1-58(2)52-27-12-11-24-50(52)57-53(58)28-15-29-54(57)59(45-34-30-41(31-35-45)39-16-5-3-6-17-39)46-36-32-42(33-37-46)47-25-14-26-51-55(48-22-9-10-23-49(48)56(47)51)44-21-13-20-43(38-44)40-18-7-4-8-19-40/h3-38,55H,1-2H3. The fourth-order valence-electron chi connectivity index (χ4n) is 9.96. The van der Waals surface area contributed by atoms with Crippen LogP contribution in [0.15, 0.2) is 218 Å². The van der Waals surface area contributed by atoms with Gasteiger partial charge in [0, 0.05) is 28.3 Å². The Balaban J connectivity index is 1.03. The van der Waals surface area contributed by atoms with Crippen LogP contribution in [0.5, 0.6) is 0 Å². The Labute approximate surface area is 347 Å². The third-order valence-electron chi connectivity index (χ3n) is 12.8. The summed E-state index contributed by atoms with van der Waals surface area (Å²) in [6, 6.07) is 80.5. The number of hydrogen-bond acceptors (Lipinski definition) is 1. The van der Waals surface area contributed by atoms with Crippen LogP contribution in [-0.2, 0) is 5.41 Å². The Bertz CT molecular complexity index is 2990. The lowest BCUT2D eigenvalue weighted by Gasteiger charge is -2.29. The summed E-state index contributed by atoms with van der Waals surface area (Å²) in [6.07, 6.45) is 0. The minimum atomic E-state index is -0.0979. The second kappa shape index (κ2) is 14.0. The van der Waals surface area contributed by atoms with Gasteiger partial charge < -0.3 is 4.90 Å². The van der Waals surface area contributed by atoms with Gasteiger partial charge in [-0.3, -0.25) is 0 Å². The van der Waals surface area contributed by atoms with Gasteiger partial charge in [-0.25, -0.2) is 0 Å². The molecule has 1 unspecified atom stereocenters. The van der Waals surface area contributed by atoms with Crippen molar-refractivity contribution in [1.82, 2.24) is 0 Å². The molecule has 1 nitrogen and oxygen atoms in total. The number of rotatable bonds is 7. The topological polar surface area (TPSA) is 3.24 Å². The second-order valence-electron chi connectivity index (χ2n) is 16.4. The van der Waals surface area contributed by atoms with Crippen LogP contribution in [0.1, 0.15) is 47.6 Å². The van der Waals surface area contributed by atoms with Gasteiger partial charge >= 0.3 is 0 Å². The fraction of sp³-hybridized carbons (Fsp3) is 0.0690. The monoisotopic (exact) mass is 753 g/mol. The molecule has 1 atom stereocenters. The minimum absolute atomic E-state index is 0.0979. The maximum atomic E-state index is 2.45. The first-order chi connectivity index (χ1) is 29.0. The number of benzene rings is 9. The minimum Gasteiger partial charge on any atom is -0.310 e. The molecule has 9 aromatic rings. The molecule has 0 aliphatic heterocycles. The Kier molecular flexibility index (Phi) is 8.31. The Morgan fingerprint density at radius 2 is 0.864 bits per heavy atom. The van der Waals surface area contributed by atoms with Crippen molar-refractivity contribution < 1.29 is 0 Å². The zero-order chi connectivity index (χ0) is 39.5. The van der Waals surface area contributed by atoms with E-state index in [9.17, 15) is 0 Å². The molecule has 2 aliphatic rings. The lowest BCUT2D eigenvalue weighted by molar-refractivity contribution is 0.660. The van der Waals surface area contributed by atoms with E-state index >= 15 is 0 Å². The fourth-order valence-corrected chi connectivity index (χ4v) is 9.96. The average molecular weight is 754 g/mol. The summed E-state index contributed by atoms with van der Waals surface area (Å²) in [5.74, 6) is 0.158. The van der Waals surface area contributed by atoms with E-state index in [0.29, 0.717) is 0 Å². The Morgan fingerprint density at radius 3 is 1.59 bits per heavy atom. The normalized spacial score (nSPS) is 14.2. The molecule has 0 saturated heterocycles. The van der Waals surface area contributed by atoms with Gasteiger partial charge in [0.15, 0.2) is 0 Å². The largest absolute Gasteiger partial charge is 0.310 e. The Hall–Kier alpha value is -7.22. The maximum Gasteiger partial charge on any atom is 0.0543 e. The molecule has 59 heavy (non-hydrogen) atoms. The molecule has 9 aromatic carbocycles. The molecule has 280 valence electrons. The predicted octanol–water partition coefficient (Wildman–Crippen LogP) is 15.6. The van der Waals surface area contributed by atoms with Crippen molar-refractivity contribution in [2.75, 3.05) is 4.90 Å². The number of hydrogen-bond donors (Lipinski definition) is 0. The zero-order valence-electron chi connectivity index (χ0n) is 33.3. The van der Waals surface area contributed by atoms with Crippen LogP contribution in [0, 0.1) is 0 Å². The molecule has 0 fully saturated rings. The van der Waals surface area contributed by atoms with E-state index in [4.69, 9.17) is 0 Å². The van der Waals surface area contributed by atoms with Crippen molar-refractivity contribution >= 4 is 17.1 Å². The molecule has 11 rings (SSSR count). The predicted molar refractivity (Wildman–Crippen MR) is 248 cm³/mol. The van der Waals surface area contributed by atoms with Crippen LogP contribution in [0.3, 0.4) is 0 Å². The van der Waals surface area contributed by atoms with Gasteiger partial charge in [-0.15, -0.1) is 0 Å². The maximum absolute atomic E-state index is 2.45. The average Bonchev–Trinajstić information content (AvgIpc) is 3.76. The zero-order valence-corrected chi connectivity index (χ0v) is 33.3. The van der Waals surface area contributed by atoms with Crippen LogP contribution in [0.2, 0.25) is 0 Å². The van der Waals surface area contributed by atoms with Gasteiger partial charge in [0.05, 0.1) is 5.69 Å². The molecule has 0 spiro atoms. The molecule has 0 saturated carbocycles. The van der Waals surface area contributed by atoms with Gasteiger partial charge in [0.2, 0.25) is 0 Å². The Morgan fingerprint density at radius 1 is 0.356 bits per heavy atom. The van der Waals surface area contributed by atoms with E-state index in [1.54, 1.807) is 0 Å². The molecular weight excluding hydrogens is 711 g/mol. The molecular formula is C58H43N. The number of nitrogens with zero attached hydrogens (tertiary/aromatic N) is 1. The van der Waals surface area contributed by atoms with E-state index in [2.05, 4.69) is 237 Å². The van der Waals surface area contributed by atoms with Gasteiger partial charge in [0.25, 0.3) is 0 Å². The number of fused-ring (bicyclic) bond motifs is 6. The molecule has 0 aromatic heterocycles. The summed E-state index contributed by atoms with van der Waals surface area (Å²) >= 11 is 0. The van der Waals surface area contributed by atoms with Crippen molar-refractivity contribution in [2.45, 2.75) is 25.2 Å². The van der Waals surface area contributed by atoms with Crippen LogP contribution in [0.25, 0.3) is 55.6 Å². The van der Waals surface area contributed by atoms with Crippen LogP contribution in [0.4, 0.5) is 17.1 Å². The van der Waals surface area contributed by atoms with Crippen LogP contribution >= 0.6 is 0 Å². The highest BCUT2D eigenvalue weighted by molar-refractivity contribution is 5.96. The van der Waals surface area contributed by atoms with Crippen molar-refractivity contribution in [1.29, 1.82) is 0 Å². The summed E-state index contributed by atoms with van der Waals surface area (Å²) in [7, 11) is 0. The van der Waals surface area contributed by atoms with E-state index in [1.165, 1.54) is 89.1 Å². The molecule has 0 radical (unpaired) electrons. The van der Waals surface area contributed by atoms with Crippen molar-refractivity contribution in [3.63, 3.8) is 0 Å². The summed E-state index contributed by atoms with van der Waals surface area (Å²) in [6.45, 7) is 4.71. The van der Waals surface area contributed by atoms with Crippen LogP contribution in [-0.4, -0.2) is 0 Å². The molecule has 2 aliphatic carbocycles. The first-order valence-corrected chi connectivity index (χ1v) is 20.7. The van der Waals surface area contributed by atoms with Crippen LogP contribution < -0.4 is 4.90 Å². The molecule has 0 bridgehead atoms. The summed E-state index contributed by atoms with van der Waals surface area (Å²) in [4.78, 5) is 2.45. The van der Waals surface area contributed by atoms with Gasteiger partial charge in [0.1, 0.15) is 0 Å². The quantitative estimate of drug-likeness (QED) is 0.157. The lowest BCUT2D eigenvalue weighted by atomic mass is 9.82. The highest BCUT2D eigenvalue weighted by atomic mass is 15.1. The van der Waals surface area contributed by atoms with Crippen molar-refractivity contribution in [3.8, 4) is 55.6 Å². The van der Waals surface area contributed by atoms with Gasteiger partial charge in [-0.1, -0.05) is 202 Å². The van der Waals surface area contributed by atoms with Crippen molar-refractivity contribution in [3.05, 3.63) is 246 Å². The van der Waals surface area contributed by atoms with E-state index in [0.717, 1.165) is 11.4 Å². The summed E-state index contributed by atoms with van der Waals surface area (Å²) in [5.41, 5.74) is 22.8. The van der Waals surface area contributed by atoms with Gasteiger partial charge in [-0.05, 0) is 108 Å². The first kappa shape index (κ1) is 35.0. The van der Waals surface area contributed by atoms with Crippen molar-refractivity contribution in [2.24, 2.45) is 0 Å². The molecule has 0 amide bonds. The summed E-state index contributed by atoms with van der Waals surface area (Å²) in [5, 5.41) is 0. The van der Waals surface area contributed by atoms with E-state index < -0.39 is 0 Å². The highest BCUT2D eigenvalue weighted by Gasteiger charge is 2.38. The third-order valence-corrected chi connectivity index (χ3v) is 12.8.